The Bertz CT molecular complexity index is 262. The van der Waals surface area contributed by atoms with Crippen LogP contribution >= 0.6 is 0 Å². The van der Waals surface area contributed by atoms with Crippen LogP contribution in [0.4, 0.5) is 0 Å². The summed E-state index contributed by atoms with van der Waals surface area (Å²) in [6.45, 7) is 7.30. The molecule has 0 saturated carbocycles. The molecule has 19 heavy (non-hydrogen) atoms. The van der Waals surface area contributed by atoms with Crippen LogP contribution in [-0.4, -0.2) is 36.6 Å². The van der Waals surface area contributed by atoms with Gasteiger partial charge in [-0.3, -0.25) is 0 Å². The van der Waals surface area contributed by atoms with Gasteiger partial charge in [0.1, 0.15) is 0 Å². The maximum absolute atomic E-state index is 3.85. The molecule has 3 atom stereocenters. The van der Waals surface area contributed by atoms with Gasteiger partial charge in [-0.15, -0.1) is 6.58 Å². The average molecular weight is 264 g/mol. The Balaban J connectivity index is 1.88. The smallest absolute Gasteiger partial charge is 0.00989 e. The summed E-state index contributed by atoms with van der Waals surface area (Å²) in [5.41, 5.74) is 0. The van der Waals surface area contributed by atoms with Gasteiger partial charge in [0, 0.05) is 18.1 Å². The number of allylic oxidation sites excluding steroid dienone is 1. The number of nitrogens with zero attached hydrogens (tertiary/aromatic N) is 1. The molecule has 2 nitrogen and oxygen atoms in total. The maximum Gasteiger partial charge on any atom is 0.00989 e. The Morgan fingerprint density at radius 2 is 2.00 bits per heavy atom. The molecule has 2 saturated heterocycles. The fourth-order valence-electron chi connectivity index (χ4n) is 4.10. The van der Waals surface area contributed by atoms with Crippen LogP contribution in [0, 0.1) is 5.92 Å². The van der Waals surface area contributed by atoms with Crippen LogP contribution in [-0.2, 0) is 0 Å². The van der Waals surface area contributed by atoms with E-state index in [1.165, 1.54) is 57.9 Å². The highest BCUT2D eigenvalue weighted by atomic mass is 15.2. The van der Waals surface area contributed by atoms with Crippen LogP contribution in [0.3, 0.4) is 0 Å². The van der Waals surface area contributed by atoms with Gasteiger partial charge in [-0.25, -0.2) is 0 Å². The lowest BCUT2D eigenvalue weighted by atomic mass is 9.83. The monoisotopic (exact) mass is 264 g/mol. The molecular formula is C17H32N2. The van der Waals surface area contributed by atoms with Crippen LogP contribution in [0.25, 0.3) is 0 Å². The first-order valence-electron chi connectivity index (χ1n) is 8.32. The van der Waals surface area contributed by atoms with E-state index in [1.54, 1.807) is 0 Å². The van der Waals surface area contributed by atoms with Gasteiger partial charge in [0.15, 0.2) is 0 Å². The van der Waals surface area contributed by atoms with Crippen molar-refractivity contribution in [1.82, 2.24) is 10.2 Å². The minimum absolute atomic E-state index is 0.747. The van der Waals surface area contributed by atoms with Gasteiger partial charge in [0.2, 0.25) is 0 Å². The number of nitrogens with one attached hydrogen (secondary N) is 1. The Kier molecular flexibility index (Phi) is 5.90. The zero-order chi connectivity index (χ0) is 13.7. The van der Waals surface area contributed by atoms with E-state index in [0.717, 1.165) is 24.0 Å². The lowest BCUT2D eigenvalue weighted by Crippen LogP contribution is -2.47. The number of piperidine rings is 1. The first-order chi connectivity index (χ1) is 9.26. The lowest BCUT2D eigenvalue weighted by Gasteiger charge is -2.40. The fourth-order valence-corrected chi connectivity index (χ4v) is 4.10. The Morgan fingerprint density at radius 1 is 1.32 bits per heavy atom. The highest BCUT2D eigenvalue weighted by Gasteiger charge is 2.40. The van der Waals surface area contributed by atoms with Crippen LogP contribution in [0.5, 0.6) is 0 Å². The van der Waals surface area contributed by atoms with E-state index in [1.807, 2.05) is 0 Å². The SMILES string of the molecule is C=CCCCC(NCCC)C1CC2CCC(C1)N2C. The Morgan fingerprint density at radius 3 is 2.58 bits per heavy atom. The van der Waals surface area contributed by atoms with Gasteiger partial charge < -0.3 is 10.2 Å². The van der Waals surface area contributed by atoms with Crippen LogP contribution < -0.4 is 5.32 Å². The first kappa shape index (κ1) is 15.1. The van der Waals surface area contributed by atoms with E-state index in [9.17, 15) is 0 Å². The lowest BCUT2D eigenvalue weighted by molar-refractivity contribution is 0.109. The van der Waals surface area contributed by atoms with Gasteiger partial charge in [-0.05, 0) is 70.9 Å². The van der Waals surface area contributed by atoms with Crippen molar-refractivity contribution in [3.63, 3.8) is 0 Å². The van der Waals surface area contributed by atoms with E-state index in [2.05, 4.69) is 36.8 Å². The summed E-state index contributed by atoms with van der Waals surface area (Å²) >= 11 is 0. The van der Waals surface area contributed by atoms with E-state index in [-0.39, 0.29) is 0 Å². The second-order valence-corrected chi connectivity index (χ2v) is 6.56. The van der Waals surface area contributed by atoms with Crippen molar-refractivity contribution >= 4 is 0 Å². The Hall–Kier alpha value is -0.340. The van der Waals surface area contributed by atoms with Crippen LogP contribution in [0.15, 0.2) is 12.7 Å². The maximum atomic E-state index is 3.85. The number of unbranched alkanes of at least 4 members (excludes halogenated alkanes) is 1. The number of rotatable bonds is 8. The van der Waals surface area contributed by atoms with E-state index >= 15 is 0 Å². The summed E-state index contributed by atoms with van der Waals surface area (Å²) < 4.78 is 0. The fraction of sp³-hybridized carbons (Fsp3) is 0.882. The molecular weight excluding hydrogens is 232 g/mol. The topological polar surface area (TPSA) is 15.3 Å². The second-order valence-electron chi connectivity index (χ2n) is 6.56. The third kappa shape index (κ3) is 3.82. The van der Waals surface area contributed by atoms with Crippen molar-refractivity contribution in [2.75, 3.05) is 13.6 Å². The van der Waals surface area contributed by atoms with Gasteiger partial charge in [-0.1, -0.05) is 13.0 Å². The number of fused-ring (bicyclic) bond motifs is 2. The van der Waals surface area contributed by atoms with Crippen molar-refractivity contribution in [3.05, 3.63) is 12.7 Å². The summed E-state index contributed by atoms with van der Waals surface area (Å²) in [7, 11) is 2.34. The largest absolute Gasteiger partial charge is 0.314 e. The first-order valence-corrected chi connectivity index (χ1v) is 8.32. The summed E-state index contributed by atoms with van der Waals surface area (Å²) in [4.78, 5) is 2.65. The van der Waals surface area contributed by atoms with Crippen molar-refractivity contribution in [1.29, 1.82) is 0 Å². The summed E-state index contributed by atoms with van der Waals surface area (Å²) in [5.74, 6) is 0.907. The molecule has 0 aromatic heterocycles. The molecule has 2 rings (SSSR count). The summed E-state index contributed by atoms with van der Waals surface area (Å²) in [6.07, 6.45) is 12.8. The molecule has 0 aliphatic carbocycles. The molecule has 1 N–H and O–H groups in total. The van der Waals surface area contributed by atoms with Crippen molar-refractivity contribution in [2.45, 2.75) is 76.4 Å². The predicted octanol–water partition coefficient (Wildman–Crippen LogP) is 3.58. The molecule has 0 amide bonds. The molecule has 2 heterocycles. The van der Waals surface area contributed by atoms with E-state index in [0.29, 0.717) is 0 Å². The molecule has 2 bridgehead atoms. The third-order valence-electron chi connectivity index (χ3n) is 5.28. The van der Waals surface area contributed by atoms with E-state index < -0.39 is 0 Å². The standard InChI is InChI=1S/C17H32N2/c1-4-6-7-8-17(18-11-5-2)14-12-15-9-10-16(13-14)19(15)3/h4,14-18H,1,5-13H2,2-3H3. The molecule has 3 unspecified atom stereocenters. The van der Waals surface area contributed by atoms with Crippen LogP contribution in [0.2, 0.25) is 0 Å². The third-order valence-corrected chi connectivity index (χ3v) is 5.28. The summed E-state index contributed by atoms with van der Waals surface area (Å²) in [6, 6.07) is 2.49. The molecule has 0 aromatic carbocycles. The van der Waals surface area contributed by atoms with Crippen molar-refractivity contribution in [3.8, 4) is 0 Å². The average Bonchev–Trinajstić information content (AvgIpc) is 2.65. The van der Waals surface area contributed by atoms with Gasteiger partial charge in [0.05, 0.1) is 0 Å². The highest BCUT2D eigenvalue weighted by Crippen LogP contribution is 2.39. The van der Waals surface area contributed by atoms with Gasteiger partial charge in [0.25, 0.3) is 0 Å². The van der Waals surface area contributed by atoms with Gasteiger partial charge >= 0.3 is 0 Å². The molecule has 2 fully saturated rings. The van der Waals surface area contributed by atoms with Crippen molar-refractivity contribution < 1.29 is 0 Å². The minimum atomic E-state index is 0.747. The molecule has 0 spiro atoms. The zero-order valence-electron chi connectivity index (χ0n) is 12.9. The van der Waals surface area contributed by atoms with Crippen LogP contribution in [0.1, 0.15) is 58.3 Å². The normalized spacial score (nSPS) is 32.4. The molecule has 0 aromatic rings. The second kappa shape index (κ2) is 7.44. The molecule has 110 valence electrons. The highest BCUT2D eigenvalue weighted by molar-refractivity contribution is 4.96. The molecule has 2 aliphatic rings. The molecule has 0 radical (unpaired) electrons. The quantitative estimate of drug-likeness (QED) is 0.532. The number of hydrogen-bond acceptors (Lipinski definition) is 2. The zero-order valence-corrected chi connectivity index (χ0v) is 12.9. The van der Waals surface area contributed by atoms with Gasteiger partial charge in [-0.2, -0.15) is 0 Å². The van der Waals surface area contributed by atoms with Crippen molar-refractivity contribution in [2.24, 2.45) is 5.92 Å². The Labute approximate surface area is 119 Å². The van der Waals surface area contributed by atoms with E-state index in [4.69, 9.17) is 0 Å². The minimum Gasteiger partial charge on any atom is -0.314 e. The summed E-state index contributed by atoms with van der Waals surface area (Å²) in [5, 5.41) is 3.83. The number of hydrogen-bond donors (Lipinski definition) is 1. The molecule has 2 heteroatoms. The molecule has 2 aliphatic heterocycles. The predicted molar refractivity (Wildman–Crippen MR) is 83.4 cm³/mol.